The maximum atomic E-state index is 11.7. The minimum atomic E-state index is -4.89. The molecule has 0 N–H and O–H groups in total. The van der Waals surface area contributed by atoms with Gasteiger partial charge >= 0.3 is 19.9 Å². The molecule has 0 aliphatic carbocycles. The molecule has 11 heteroatoms. The highest BCUT2D eigenvalue weighted by Gasteiger charge is 2.38. The van der Waals surface area contributed by atoms with Crippen LogP contribution in [-0.4, -0.2) is 38.0 Å². The average Bonchev–Trinajstić information content (AvgIpc) is 2.11. The Hall–Kier alpha value is -0.600. The molecule has 0 rings (SSSR count). The Labute approximate surface area is 91.4 Å². The smallest absolute Gasteiger partial charge is 0.303 e. The molecule has 0 radical (unpaired) electrons. The minimum absolute atomic E-state index is 0.145. The summed E-state index contributed by atoms with van der Waals surface area (Å²) in [5.41, 5.74) is 0. The zero-order chi connectivity index (χ0) is 13.7. The lowest BCUT2D eigenvalue weighted by Crippen LogP contribution is -2.20. The second-order valence-electron chi connectivity index (χ2n) is 2.74. The monoisotopic (exact) mass is 288 g/mol. The molecule has 4 nitrogen and oxygen atoms in total. The largest absolute Gasteiger partial charge is 0.412 e. The third-order valence-electron chi connectivity index (χ3n) is 1.15. The van der Waals surface area contributed by atoms with E-state index >= 15 is 0 Å². The molecule has 0 aliphatic heterocycles. The van der Waals surface area contributed by atoms with Gasteiger partial charge in [-0.25, -0.2) is 0 Å². The first-order valence-corrected chi connectivity index (χ1v) is 5.65. The van der Waals surface area contributed by atoms with Crippen molar-refractivity contribution in [2.24, 2.45) is 0 Å². The highest BCUT2D eigenvalue weighted by Crippen LogP contribution is 2.49. The third kappa shape index (κ3) is 9.13. The molecule has 0 saturated carbocycles. The van der Waals surface area contributed by atoms with E-state index in [1.807, 2.05) is 0 Å². The van der Waals surface area contributed by atoms with Crippen molar-refractivity contribution in [3.05, 3.63) is 0 Å². The first-order chi connectivity index (χ1) is 7.47. The minimum Gasteiger partial charge on any atom is -0.303 e. The Kier molecular flexibility index (Phi) is 5.63. The standard InChI is InChI=1S/C6H7F6O4P/c7-5(8,9)3-15-17(14,2-1-13)16-4-6(10,11)12/h1H,2-4H2. The zero-order valence-corrected chi connectivity index (χ0v) is 8.94. The first-order valence-electron chi connectivity index (χ1n) is 3.93. The fourth-order valence-electron chi connectivity index (χ4n) is 0.577. The molecule has 0 atom stereocenters. The second-order valence-corrected chi connectivity index (χ2v) is 4.84. The number of alkyl halides is 6. The number of carbonyl (C=O) groups is 1. The lowest BCUT2D eigenvalue weighted by atomic mass is 10.7. The van der Waals surface area contributed by atoms with Gasteiger partial charge in [0.2, 0.25) is 0 Å². The van der Waals surface area contributed by atoms with Crippen LogP contribution in [0.5, 0.6) is 0 Å². The van der Waals surface area contributed by atoms with Crippen molar-refractivity contribution in [3.63, 3.8) is 0 Å². The van der Waals surface area contributed by atoms with E-state index in [1.165, 1.54) is 0 Å². The van der Waals surface area contributed by atoms with Gasteiger partial charge in [0.05, 0.1) is 0 Å². The van der Waals surface area contributed by atoms with E-state index in [-0.39, 0.29) is 6.29 Å². The Bertz CT molecular complexity index is 276. The van der Waals surface area contributed by atoms with Crippen molar-refractivity contribution in [2.45, 2.75) is 12.4 Å². The number of halogens is 6. The molecule has 102 valence electrons. The number of hydrogen-bond donors (Lipinski definition) is 0. The maximum Gasteiger partial charge on any atom is 0.412 e. The molecule has 0 aromatic rings. The summed E-state index contributed by atoms with van der Waals surface area (Å²) in [7, 11) is -4.72. The summed E-state index contributed by atoms with van der Waals surface area (Å²) in [5, 5.41) is 0. The van der Waals surface area contributed by atoms with Gasteiger partial charge in [0.25, 0.3) is 0 Å². The van der Waals surface area contributed by atoms with Crippen LogP contribution in [0.2, 0.25) is 0 Å². The molecule has 0 bridgehead atoms. The van der Waals surface area contributed by atoms with Crippen LogP contribution in [0.25, 0.3) is 0 Å². The quantitative estimate of drug-likeness (QED) is 0.428. The Morgan fingerprint density at radius 2 is 1.29 bits per heavy atom. The van der Waals surface area contributed by atoms with Crippen LogP contribution in [0.15, 0.2) is 0 Å². The maximum absolute atomic E-state index is 11.7. The van der Waals surface area contributed by atoms with E-state index < -0.39 is 39.3 Å². The normalized spacial score (nSPS) is 13.8. The molecule has 0 fully saturated rings. The number of aldehydes is 1. The fraction of sp³-hybridized carbons (Fsp3) is 0.833. The van der Waals surface area contributed by atoms with Gasteiger partial charge in [0.15, 0.2) is 13.2 Å². The molecule has 0 aliphatic rings. The van der Waals surface area contributed by atoms with Crippen molar-refractivity contribution in [1.82, 2.24) is 0 Å². The molecule has 17 heavy (non-hydrogen) atoms. The molecule has 0 unspecified atom stereocenters. The molecule has 0 aromatic heterocycles. The topological polar surface area (TPSA) is 52.6 Å². The Balaban J connectivity index is 4.46. The summed E-state index contributed by atoms with van der Waals surface area (Å²) in [6.07, 6.45) is -11.1. The van der Waals surface area contributed by atoms with Crippen molar-refractivity contribution in [1.29, 1.82) is 0 Å². The first kappa shape index (κ1) is 16.4. The summed E-state index contributed by atoms with van der Waals surface area (Å²) in [6.45, 7) is -4.12. The van der Waals surface area contributed by atoms with E-state index in [2.05, 4.69) is 9.05 Å². The number of rotatable bonds is 6. The predicted octanol–water partition coefficient (Wildman–Crippen LogP) is 2.54. The molecule has 0 spiro atoms. The molecular weight excluding hydrogens is 281 g/mol. The van der Waals surface area contributed by atoms with Gasteiger partial charge in [-0.3, -0.25) is 13.6 Å². The van der Waals surface area contributed by atoms with Crippen molar-refractivity contribution < 1.29 is 44.7 Å². The summed E-state index contributed by atoms with van der Waals surface area (Å²) >= 11 is 0. The van der Waals surface area contributed by atoms with Crippen LogP contribution in [0.1, 0.15) is 0 Å². The van der Waals surface area contributed by atoms with Crippen LogP contribution >= 0.6 is 7.60 Å². The van der Waals surface area contributed by atoms with Gasteiger partial charge in [-0.15, -0.1) is 0 Å². The van der Waals surface area contributed by atoms with E-state index in [4.69, 9.17) is 0 Å². The van der Waals surface area contributed by atoms with E-state index in [0.29, 0.717) is 0 Å². The van der Waals surface area contributed by atoms with Gasteiger partial charge in [-0.1, -0.05) is 0 Å². The van der Waals surface area contributed by atoms with E-state index in [9.17, 15) is 35.7 Å². The predicted molar refractivity (Wildman–Crippen MR) is 42.6 cm³/mol. The van der Waals surface area contributed by atoms with Gasteiger partial charge in [-0.05, 0) is 0 Å². The van der Waals surface area contributed by atoms with Crippen LogP contribution in [-0.2, 0) is 18.4 Å². The third-order valence-corrected chi connectivity index (χ3v) is 2.79. The van der Waals surface area contributed by atoms with Gasteiger partial charge in [0, 0.05) is 0 Å². The lowest BCUT2D eigenvalue weighted by molar-refractivity contribution is -0.165. The van der Waals surface area contributed by atoms with E-state index in [1.54, 1.807) is 0 Å². The highest BCUT2D eigenvalue weighted by molar-refractivity contribution is 7.54. The van der Waals surface area contributed by atoms with Gasteiger partial charge in [0.1, 0.15) is 12.4 Å². The van der Waals surface area contributed by atoms with Crippen molar-refractivity contribution in [2.75, 3.05) is 19.4 Å². The van der Waals surface area contributed by atoms with Crippen LogP contribution in [0.3, 0.4) is 0 Å². The molecule has 0 saturated heterocycles. The van der Waals surface area contributed by atoms with Gasteiger partial charge < -0.3 is 4.79 Å². The van der Waals surface area contributed by atoms with Crippen molar-refractivity contribution >= 4 is 13.9 Å². The van der Waals surface area contributed by atoms with E-state index in [0.717, 1.165) is 0 Å². The summed E-state index contributed by atoms with van der Waals surface area (Å²) in [5.74, 6) is 0. The Morgan fingerprint density at radius 3 is 1.53 bits per heavy atom. The van der Waals surface area contributed by atoms with Gasteiger partial charge in [-0.2, -0.15) is 26.3 Å². The molecule has 0 heterocycles. The fourth-order valence-corrected chi connectivity index (χ4v) is 1.73. The summed E-state index contributed by atoms with van der Waals surface area (Å²) in [4.78, 5) is 9.97. The Morgan fingerprint density at radius 1 is 0.941 bits per heavy atom. The molecule has 0 amide bonds. The molecule has 0 aromatic carbocycles. The van der Waals surface area contributed by atoms with Crippen molar-refractivity contribution in [3.8, 4) is 0 Å². The lowest BCUT2D eigenvalue weighted by Gasteiger charge is -2.18. The second kappa shape index (κ2) is 5.83. The number of hydrogen-bond acceptors (Lipinski definition) is 4. The summed E-state index contributed by atoms with van der Waals surface area (Å²) < 4.78 is 88.8. The average molecular weight is 288 g/mol. The van der Waals surface area contributed by atoms with Crippen LogP contribution < -0.4 is 0 Å². The SMILES string of the molecule is O=CCP(=O)(OCC(F)(F)F)OCC(F)(F)F. The van der Waals surface area contributed by atoms with Crippen LogP contribution in [0, 0.1) is 0 Å². The summed E-state index contributed by atoms with van der Waals surface area (Å²) in [6, 6.07) is 0. The molecular formula is C6H7F6O4P. The highest BCUT2D eigenvalue weighted by atomic mass is 31.2. The zero-order valence-electron chi connectivity index (χ0n) is 8.05. The number of carbonyl (C=O) groups excluding carboxylic acids is 1. The van der Waals surface area contributed by atoms with Crippen LogP contribution in [0.4, 0.5) is 26.3 Å².